The van der Waals surface area contributed by atoms with Crippen molar-refractivity contribution in [3.63, 3.8) is 0 Å². The molecule has 0 spiro atoms. The zero-order valence-corrected chi connectivity index (χ0v) is 14.3. The number of aromatic nitrogens is 1. The molecule has 2 aromatic carbocycles. The van der Waals surface area contributed by atoms with Gasteiger partial charge in [0.15, 0.2) is 5.13 Å². The Labute approximate surface area is 144 Å². The van der Waals surface area contributed by atoms with Gasteiger partial charge in [-0.3, -0.25) is 4.79 Å². The van der Waals surface area contributed by atoms with Gasteiger partial charge in [-0.2, -0.15) is 0 Å². The first-order chi connectivity index (χ1) is 11.5. The van der Waals surface area contributed by atoms with Crippen molar-refractivity contribution in [1.29, 1.82) is 0 Å². The van der Waals surface area contributed by atoms with E-state index in [0.717, 1.165) is 39.0 Å². The molecule has 0 saturated carbocycles. The van der Waals surface area contributed by atoms with Crippen molar-refractivity contribution in [3.8, 4) is 11.3 Å². The van der Waals surface area contributed by atoms with Crippen molar-refractivity contribution in [3.05, 3.63) is 53.4 Å². The van der Waals surface area contributed by atoms with E-state index in [0.29, 0.717) is 0 Å². The maximum atomic E-state index is 11.1. The van der Waals surface area contributed by atoms with Crippen LogP contribution in [0.1, 0.15) is 12.5 Å². The molecule has 0 saturated heterocycles. The Kier molecular flexibility index (Phi) is 4.48. The second kappa shape index (κ2) is 6.72. The van der Waals surface area contributed by atoms with Crippen LogP contribution in [0, 0.1) is 6.92 Å². The SMILES string of the molecule is CC(=O)Nc1cccc(Nc2nc(-c3ccc(C)c(N)c3)cs2)c1. The van der Waals surface area contributed by atoms with E-state index in [-0.39, 0.29) is 5.91 Å². The number of carbonyl (C=O) groups excluding carboxylic acids is 1. The van der Waals surface area contributed by atoms with Crippen molar-refractivity contribution in [2.24, 2.45) is 0 Å². The standard InChI is InChI=1S/C18H18N4OS/c1-11-6-7-13(8-16(11)19)17-10-24-18(22-17)21-15-5-3-4-14(9-15)20-12(2)23/h3-10H,19H2,1-2H3,(H,20,23)(H,21,22). The highest BCUT2D eigenvalue weighted by Gasteiger charge is 2.07. The second-order valence-electron chi connectivity index (χ2n) is 5.50. The average Bonchev–Trinajstić information content (AvgIpc) is 2.98. The summed E-state index contributed by atoms with van der Waals surface area (Å²) >= 11 is 1.52. The highest BCUT2D eigenvalue weighted by Crippen LogP contribution is 2.29. The highest BCUT2D eigenvalue weighted by atomic mass is 32.1. The number of hydrogen-bond acceptors (Lipinski definition) is 5. The number of amides is 1. The Morgan fingerprint density at radius 2 is 1.96 bits per heavy atom. The number of nitrogens with two attached hydrogens (primary N) is 1. The predicted molar refractivity (Wildman–Crippen MR) is 101 cm³/mol. The number of nitrogens with one attached hydrogen (secondary N) is 2. The number of aryl methyl sites for hydroxylation is 1. The molecule has 0 aliphatic rings. The van der Waals surface area contributed by atoms with E-state index in [4.69, 9.17) is 5.73 Å². The van der Waals surface area contributed by atoms with Crippen LogP contribution in [0.4, 0.5) is 22.2 Å². The molecule has 122 valence electrons. The molecule has 5 nitrogen and oxygen atoms in total. The van der Waals surface area contributed by atoms with E-state index < -0.39 is 0 Å². The minimum absolute atomic E-state index is 0.0966. The summed E-state index contributed by atoms with van der Waals surface area (Å²) in [5, 5.41) is 8.79. The first-order valence-corrected chi connectivity index (χ1v) is 8.36. The van der Waals surface area contributed by atoms with Crippen LogP contribution in [-0.2, 0) is 4.79 Å². The van der Waals surface area contributed by atoms with E-state index in [2.05, 4.69) is 15.6 Å². The van der Waals surface area contributed by atoms with Gasteiger partial charge in [-0.25, -0.2) is 4.98 Å². The Morgan fingerprint density at radius 1 is 1.17 bits per heavy atom. The van der Waals surface area contributed by atoms with E-state index in [1.165, 1.54) is 18.3 Å². The van der Waals surface area contributed by atoms with Gasteiger partial charge in [-0.15, -0.1) is 11.3 Å². The van der Waals surface area contributed by atoms with E-state index in [9.17, 15) is 4.79 Å². The number of nitrogen functional groups attached to an aromatic ring is 1. The molecule has 1 amide bonds. The van der Waals surface area contributed by atoms with Gasteiger partial charge in [0.1, 0.15) is 0 Å². The van der Waals surface area contributed by atoms with Crippen LogP contribution < -0.4 is 16.4 Å². The summed E-state index contributed by atoms with van der Waals surface area (Å²) in [6.07, 6.45) is 0. The number of rotatable bonds is 4. The lowest BCUT2D eigenvalue weighted by molar-refractivity contribution is -0.114. The van der Waals surface area contributed by atoms with Crippen LogP contribution in [0.25, 0.3) is 11.3 Å². The number of hydrogen-bond donors (Lipinski definition) is 3. The zero-order valence-electron chi connectivity index (χ0n) is 13.5. The molecule has 6 heteroatoms. The topological polar surface area (TPSA) is 80.0 Å². The van der Waals surface area contributed by atoms with Crippen molar-refractivity contribution in [2.75, 3.05) is 16.4 Å². The fourth-order valence-corrected chi connectivity index (χ4v) is 3.00. The number of thiazole rings is 1. The fourth-order valence-electron chi connectivity index (χ4n) is 2.26. The van der Waals surface area contributed by atoms with Crippen molar-refractivity contribution < 1.29 is 4.79 Å². The molecule has 0 radical (unpaired) electrons. The van der Waals surface area contributed by atoms with Crippen molar-refractivity contribution in [2.45, 2.75) is 13.8 Å². The minimum Gasteiger partial charge on any atom is -0.398 e. The van der Waals surface area contributed by atoms with Crippen LogP contribution in [0.3, 0.4) is 0 Å². The third kappa shape index (κ3) is 3.72. The summed E-state index contributed by atoms with van der Waals surface area (Å²) in [6, 6.07) is 13.5. The molecule has 1 aromatic heterocycles. The first kappa shape index (κ1) is 16.0. The normalized spacial score (nSPS) is 10.4. The number of carbonyl (C=O) groups is 1. The lowest BCUT2D eigenvalue weighted by Crippen LogP contribution is -2.05. The predicted octanol–water partition coefficient (Wildman–Crippen LogP) is 4.40. The van der Waals surface area contributed by atoms with Crippen molar-refractivity contribution in [1.82, 2.24) is 4.98 Å². The molecular formula is C18H18N4OS. The smallest absolute Gasteiger partial charge is 0.221 e. The second-order valence-corrected chi connectivity index (χ2v) is 6.35. The summed E-state index contributed by atoms with van der Waals surface area (Å²) in [7, 11) is 0. The molecule has 0 fully saturated rings. The van der Waals surface area contributed by atoms with Gasteiger partial charge >= 0.3 is 0 Å². The van der Waals surface area contributed by atoms with Crippen LogP contribution in [-0.4, -0.2) is 10.9 Å². The van der Waals surface area contributed by atoms with E-state index >= 15 is 0 Å². The maximum Gasteiger partial charge on any atom is 0.221 e. The quantitative estimate of drug-likeness (QED) is 0.616. The van der Waals surface area contributed by atoms with Gasteiger partial charge in [-0.05, 0) is 36.8 Å². The summed E-state index contributed by atoms with van der Waals surface area (Å²) in [6.45, 7) is 3.47. The molecule has 1 heterocycles. The molecule has 3 aromatic rings. The third-order valence-corrected chi connectivity index (χ3v) is 4.27. The van der Waals surface area contributed by atoms with Crippen LogP contribution in [0.15, 0.2) is 47.8 Å². The number of anilines is 4. The first-order valence-electron chi connectivity index (χ1n) is 7.48. The Hall–Kier alpha value is -2.86. The van der Waals surface area contributed by atoms with Gasteiger partial charge in [0, 0.05) is 34.9 Å². The van der Waals surface area contributed by atoms with Gasteiger partial charge in [0.25, 0.3) is 0 Å². The average molecular weight is 338 g/mol. The third-order valence-electron chi connectivity index (χ3n) is 3.51. The van der Waals surface area contributed by atoms with Crippen molar-refractivity contribution >= 4 is 39.4 Å². The lowest BCUT2D eigenvalue weighted by atomic mass is 10.1. The fraction of sp³-hybridized carbons (Fsp3) is 0.111. The Balaban J connectivity index is 1.79. The van der Waals surface area contributed by atoms with E-state index in [1.54, 1.807) is 0 Å². The summed E-state index contributed by atoms with van der Waals surface area (Å²) in [5.41, 5.74) is 11.3. The highest BCUT2D eigenvalue weighted by molar-refractivity contribution is 7.14. The molecule has 0 unspecified atom stereocenters. The van der Waals surface area contributed by atoms with E-state index in [1.807, 2.05) is 54.8 Å². The minimum atomic E-state index is -0.0966. The van der Waals surface area contributed by atoms with Gasteiger partial charge in [0.05, 0.1) is 5.69 Å². The van der Waals surface area contributed by atoms with Gasteiger partial charge in [-0.1, -0.05) is 18.2 Å². The molecule has 0 atom stereocenters. The lowest BCUT2D eigenvalue weighted by Gasteiger charge is -2.06. The summed E-state index contributed by atoms with van der Waals surface area (Å²) in [4.78, 5) is 15.7. The monoisotopic (exact) mass is 338 g/mol. The maximum absolute atomic E-state index is 11.1. The largest absolute Gasteiger partial charge is 0.398 e. The van der Waals surface area contributed by atoms with Crippen LogP contribution >= 0.6 is 11.3 Å². The molecular weight excluding hydrogens is 320 g/mol. The van der Waals surface area contributed by atoms with Gasteiger partial charge < -0.3 is 16.4 Å². The number of benzene rings is 2. The molecule has 24 heavy (non-hydrogen) atoms. The van der Waals surface area contributed by atoms with Crippen LogP contribution in [0.2, 0.25) is 0 Å². The Bertz CT molecular complexity index is 888. The molecule has 3 rings (SSSR count). The Morgan fingerprint density at radius 3 is 2.71 bits per heavy atom. The summed E-state index contributed by atoms with van der Waals surface area (Å²) in [5.74, 6) is -0.0966. The van der Waals surface area contributed by atoms with Crippen LogP contribution in [0.5, 0.6) is 0 Å². The molecule has 4 N–H and O–H groups in total. The number of nitrogens with zero attached hydrogens (tertiary/aromatic N) is 1. The molecule has 0 aliphatic carbocycles. The molecule has 0 aliphatic heterocycles. The molecule has 0 bridgehead atoms. The zero-order chi connectivity index (χ0) is 17.1. The van der Waals surface area contributed by atoms with Gasteiger partial charge in [0.2, 0.25) is 5.91 Å². The summed E-state index contributed by atoms with van der Waals surface area (Å²) < 4.78 is 0.